The van der Waals surface area contributed by atoms with Crippen molar-refractivity contribution in [2.75, 3.05) is 31.1 Å². The van der Waals surface area contributed by atoms with Crippen LogP contribution in [0.5, 0.6) is 0 Å². The lowest BCUT2D eigenvalue weighted by molar-refractivity contribution is 0.0771. The lowest BCUT2D eigenvalue weighted by Crippen LogP contribution is -2.35. The van der Waals surface area contributed by atoms with Crippen molar-refractivity contribution in [1.82, 2.24) is 24.6 Å². The van der Waals surface area contributed by atoms with E-state index in [-0.39, 0.29) is 11.6 Å². The van der Waals surface area contributed by atoms with Gasteiger partial charge < -0.3 is 9.80 Å². The molecule has 0 radical (unpaired) electrons. The zero-order valence-electron chi connectivity index (χ0n) is 14.8. The number of hydrogen-bond donors (Lipinski definition) is 1. The summed E-state index contributed by atoms with van der Waals surface area (Å²) in [6, 6.07) is 1.72. The first-order chi connectivity index (χ1) is 12.5. The van der Waals surface area contributed by atoms with Crippen LogP contribution in [0.1, 0.15) is 23.1 Å². The summed E-state index contributed by atoms with van der Waals surface area (Å²) in [5, 5.41) is 4.05. The number of likely N-dealkylation sites (tertiary alicyclic amines) is 1. The van der Waals surface area contributed by atoms with Gasteiger partial charge in [-0.2, -0.15) is 9.49 Å². The molecule has 2 atom stereocenters. The Balaban J connectivity index is 1.47. The number of aromatic amines is 1. The summed E-state index contributed by atoms with van der Waals surface area (Å²) >= 11 is 0. The molecule has 2 saturated heterocycles. The highest BCUT2D eigenvalue weighted by atomic mass is 19.1. The third kappa shape index (κ3) is 2.67. The van der Waals surface area contributed by atoms with Crippen LogP contribution >= 0.6 is 0 Å². The number of H-pyrrole nitrogens is 1. The maximum absolute atomic E-state index is 13.7. The highest BCUT2D eigenvalue weighted by Crippen LogP contribution is 2.33. The number of rotatable bonds is 3. The van der Waals surface area contributed by atoms with Gasteiger partial charge in [0, 0.05) is 51.3 Å². The molecule has 1 N–H and O–H groups in total. The van der Waals surface area contributed by atoms with Crippen LogP contribution in [-0.4, -0.2) is 56.7 Å². The van der Waals surface area contributed by atoms with Gasteiger partial charge in [0.2, 0.25) is 11.8 Å². The minimum absolute atomic E-state index is 0.00691. The molecule has 1 amide bonds. The SMILES string of the molecule is CCc1nc(N2CC3CN(C(=O)c4ccnn4C)CC3C2)[nH]c(=O)c1F. The molecule has 0 saturated carbocycles. The van der Waals surface area contributed by atoms with E-state index >= 15 is 0 Å². The Morgan fingerprint density at radius 3 is 2.58 bits per heavy atom. The van der Waals surface area contributed by atoms with Crippen LogP contribution in [0.2, 0.25) is 0 Å². The molecule has 2 aliphatic heterocycles. The van der Waals surface area contributed by atoms with Crippen molar-refractivity contribution in [2.24, 2.45) is 18.9 Å². The summed E-state index contributed by atoms with van der Waals surface area (Å²) in [4.78, 5) is 35.1. The monoisotopic (exact) mass is 360 g/mol. The van der Waals surface area contributed by atoms with Gasteiger partial charge in [-0.05, 0) is 12.5 Å². The number of fused-ring (bicyclic) bond motifs is 1. The van der Waals surface area contributed by atoms with Gasteiger partial charge in [0.1, 0.15) is 5.69 Å². The summed E-state index contributed by atoms with van der Waals surface area (Å²) in [7, 11) is 1.76. The van der Waals surface area contributed by atoms with E-state index in [1.165, 1.54) is 0 Å². The number of nitrogens with one attached hydrogen (secondary N) is 1. The van der Waals surface area contributed by atoms with E-state index in [2.05, 4.69) is 15.1 Å². The lowest BCUT2D eigenvalue weighted by Gasteiger charge is -2.22. The molecule has 2 aromatic rings. The minimum atomic E-state index is -0.802. The second-order valence-electron chi connectivity index (χ2n) is 6.98. The number of halogens is 1. The first-order valence-corrected chi connectivity index (χ1v) is 8.78. The molecule has 0 aromatic carbocycles. The van der Waals surface area contributed by atoms with Gasteiger partial charge >= 0.3 is 0 Å². The van der Waals surface area contributed by atoms with Crippen molar-refractivity contribution in [3.8, 4) is 0 Å². The maximum Gasteiger partial charge on any atom is 0.288 e. The van der Waals surface area contributed by atoms with E-state index < -0.39 is 11.4 Å². The Kier molecular flexibility index (Phi) is 4.01. The number of carbonyl (C=O) groups is 1. The molecule has 26 heavy (non-hydrogen) atoms. The third-order valence-electron chi connectivity index (χ3n) is 5.37. The van der Waals surface area contributed by atoms with E-state index in [0.717, 1.165) is 0 Å². The molecule has 4 heterocycles. The molecule has 8 nitrogen and oxygen atoms in total. The number of amides is 1. The highest BCUT2D eigenvalue weighted by molar-refractivity contribution is 5.92. The first kappa shape index (κ1) is 16.7. The molecule has 9 heteroatoms. The molecule has 2 unspecified atom stereocenters. The first-order valence-electron chi connectivity index (χ1n) is 8.78. The standard InChI is InChI=1S/C17H21FN6O2/c1-3-12-14(18)15(25)21-17(20-12)24-8-10-6-23(7-11(10)9-24)16(26)13-4-5-19-22(13)2/h4-5,10-11H,3,6-9H2,1-2H3,(H,20,21,25). The summed E-state index contributed by atoms with van der Waals surface area (Å²) < 4.78 is 15.3. The normalized spacial score (nSPS) is 22.1. The zero-order chi connectivity index (χ0) is 18.4. The van der Waals surface area contributed by atoms with Crippen molar-refractivity contribution < 1.29 is 9.18 Å². The maximum atomic E-state index is 13.7. The molecule has 2 aliphatic rings. The van der Waals surface area contributed by atoms with Crippen LogP contribution in [0.4, 0.5) is 10.3 Å². The van der Waals surface area contributed by atoms with Gasteiger partial charge in [-0.1, -0.05) is 6.92 Å². The van der Waals surface area contributed by atoms with E-state index in [9.17, 15) is 14.0 Å². The van der Waals surface area contributed by atoms with Gasteiger partial charge in [-0.15, -0.1) is 0 Å². The molecular weight excluding hydrogens is 339 g/mol. The van der Waals surface area contributed by atoms with Crippen LogP contribution < -0.4 is 10.5 Å². The van der Waals surface area contributed by atoms with E-state index in [4.69, 9.17) is 0 Å². The highest BCUT2D eigenvalue weighted by Gasteiger charge is 2.42. The van der Waals surface area contributed by atoms with Crippen molar-refractivity contribution >= 4 is 11.9 Å². The van der Waals surface area contributed by atoms with Gasteiger partial charge in [-0.25, -0.2) is 4.98 Å². The molecule has 2 fully saturated rings. The minimum Gasteiger partial charge on any atom is -0.342 e. The fourth-order valence-corrected chi connectivity index (χ4v) is 3.95. The molecule has 0 spiro atoms. The fraction of sp³-hybridized carbons (Fsp3) is 0.529. The second kappa shape index (κ2) is 6.22. The number of nitrogens with zero attached hydrogens (tertiary/aromatic N) is 5. The van der Waals surface area contributed by atoms with Gasteiger partial charge in [-0.3, -0.25) is 19.3 Å². The summed E-state index contributed by atoms with van der Waals surface area (Å²) in [5.74, 6) is 0.239. The van der Waals surface area contributed by atoms with Crippen LogP contribution in [-0.2, 0) is 13.5 Å². The van der Waals surface area contributed by atoms with E-state index in [0.29, 0.717) is 56.1 Å². The fourth-order valence-electron chi connectivity index (χ4n) is 3.95. The second-order valence-corrected chi connectivity index (χ2v) is 6.98. The molecule has 138 valence electrons. The summed E-state index contributed by atoms with van der Waals surface area (Å²) in [5.41, 5.74) is 0.0460. The number of aryl methyl sites for hydroxylation is 2. The predicted molar refractivity (Wildman–Crippen MR) is 92.5 cm³/mol. The largest absolute Gasteiger partial charge is 0.342 e. The Morgan fingerprint density at radius 2 is 2.00 bits per heavy atom. The number of carbonyl (C=O) groups excluding carboxylic acids is 1. The number of aromatic nitrogens is 4. The topological polar surface area (TPSA) is 87.1 Å². The van der Waals surface area contributed by atoms with E-state index in [1.54, 1.807) is 30.9 Å². The van der Waals surface area contributed by atoms with Crippen LogP contribution in [0, 0.1) is 17.7 Å². The van der Waals surface area contributed by atoms with Gasteiger partial charge in [0.25, 0.3) is 11.5 Å². The zero-order valence-corrected chi connectivity index (χ0v) is 14.8. The van der Waals surface area contributed by atoms with E-state index in [1.807, 2.05) is 9.80 Å². The summed E-state index contributed by atoms with van der Waals surface area (Å²) in [6.07, 6.45) is 1.99. The van der Waals surface area contributed by atoms with Gasteiger partial charge in [0.05, 0.1) is 5.69 Å². The van der Waals surface area contributed by atoms with Crippen LogP contribution in [0.25, 0.3) is 0 Å². The predicted octanol–water partition coefficient (Wildman–Crippen LogP) is 0.413. The van der Waals surface area contributed by atoms with Gasteiger partial charge in [0.15, 0.2) is 0 Å². The van der Waals surface area contributed by atoms with Crippen molar-refractivity contribution in [1.29, 1.82) is 0 Å². The van der Waals surface area contributed by atoms with Crippen LogP contribution in [0.3, 0.4) is 0 Å². The molecule has 0 aliphatic carbocycles. The Bertz CT molecular complexity index is 893. The smallest absolute Gasteiger partial charge is 0.288 e. The van der Waals surface area contributed by atoms with Crippen molar-refractivity contribution in [3.63, 3.8) is 0 Å². The quantitative estimate of drug-likeness (QED) is 0.857. The van der Waals surface area contributed by atoms with Crippen molar-refractivity contribution in [3.05, 3.63) is 39.8 Å². The molecule has 0 bridgehead atoms. The number of hydrogen-bond acceptors (Lipinski definition) is 5. The Morgan fingerprint density at radius 1 is 1.31 bits per heavy atom. The molecular formula is C17H21FN6O2. The number of anilines is 1. The van der Waals surface area contributed by atoms with Crippen LogP contribution in [0.15, 0.2) is 17.1 Å². The molecule has 2 aromatic heterocycles. The Hall–Kier alpha value is -2.71. The summed E-state index contributed by atoms with van der Waals surface area (Å²) in [6.45, 7) is 4.49. The Labute approximate surface area is 149 Å². The molecule has 4 rings (SSSR count). The van der Waals surface area contributed by atoms with Crippen molar-refractivity contribution in [2.45, 2.75) is 13.3 Å². The third-order valence-corrected chi connectivity index (χ3v) is 5.37. The average molecular weight is 360 g/mol. The lowest BCUT2D eigenvalue weighted by atomic mass is 10.0. The average Bonchev–Trinajstić information content (AvgIpc) is 3.30.